The van der Waals surface area contributed by atoms with Crippen LogP contribution in [0.25, 0.3) is 11.1 Å². The number of benzene rings is 2. The summed E-state index contributed by atoms with van der Waals surface area (Å²) < 4.78 is 3.27. The van der Waals surface area contributed by atoms with Crippen molar-refractivity contribution in [1.29, 1.82) is 0 Å². The molecular formula is C14H12BrN. The van der Waals surface area contributed by atoms with Gasteiger partial charge < -0.3 is 0 Å². The van der Waals surface area contributed by atoms with Gasteiger partial charge in [-0.25, -0.2) is 4.34 Å². The number of hydrogen-bond donors (Lipinski definition) is 1. The van der Waals surface area contributed by atoms with Gasteiger partial charge in [0.05, 0.1) is 5.54 Å². The number of fused-ring (bicyclic) bond motifs is 3. The molecule has 16 heavy (non-hydrogen) atoms. The van der Waals surface area contributed by atoms with E-state index in [0.717, 1.165) is 0 Å². The van der Waals surface area contributed by atoms with Gasteiger partial charge in [-0.3, -0.25) is 0 Å². The quantitative estimate of drug-likeness (QED) is 0.779. The molecule has 0 aliphatic heterocycles. The highest BCUT2D eigenvalue weighted by Gasteiger charge is 2.37. The fourth-order valence-electron chi connectivity index (χ4n) is 2.55. The van der Waals surface area contributed by atoms with E-state index in [1.807, 2.05) is 0 Å². The zero-order valence-electron chi connectivity index (χ0n) is 9.00. The average Bonchev–Trinajstić information content (AvgIpc) is 2.62. The summed E-state index contributed by atoms with van der Waals surface area (Å²) in [5.41, 5.74) is 5.17. The molecule has 0 amide bonds. The Morgan fingerprint density at radius 3 is 1.75 bits per heavy atom. The molecule has 0 fully saturated rings. The fraction of sp³-hybridized carbons (Fsp3) is 0.143. The number of hydrogen-bond acceptors (Lipinski definition) is 1. The Labute approximate surface area is 104 Å². The van der Waals surface area contributed by atoms with Crippen molar-refractivity contribution in [2.75, 3.05) is 0 Å². The molecule has 0 unspecified atom stereocenters. The number of nitrogens with one attached hydrogen (secondary N) is 1. The largest absolute Gasteiger partial charge is 0.241 e. The normalized spacial score (nSPS) is 15.6. The third kappa shape index (κ3) is 1.14. The molecule has 0 atom stereocenters. The van der Waals surface area contributed by atoms with E-state index in [4.69, 9.17) is 0 Å². The second kappa shape index (κ2) is 3.44. The van der Waals surface area contributed by atoms with Crippen molar-refractivity contribution in [2.45, 2.75) is 12.5 Å². The Kier molecular flexibility index (Phi) is 2.16. The van der Waals surface area contributed by atoms with Gasteiger partial charge >= 0.3 is 0 Å². The van der Waals surface area contributed by atoms with Gasteiger partial charge in [-0.05, 0) is 29.2 Å². The van der Waals surface area contributed by atoms with Crippen LogP contribution in [0, 0.1) is 0 Å². The van der Waals surface area contributed by atoms with Crippen molar-refractivity contribution >= 4 is 16.1 Å². The van der Waals surface area contributed by atoms with Crippen molar-refractivity contribution < 1.29 is 0 Å². The third-order valence-electron chi connectivity index (χ3n) is 3.41. The van der Waals surface area contributed by atoms with Gasteiger partial charge in [0.2, 0.25) is 0 Å². The molecule has 2 heteroatoms. The summed E-state index contributed by atoms with van der Waals surface area (Å²) in [5, 5.41) is 0. The predicted octanol–water partition coefficient (Wildman–Crippen LogP) is 3.83. The second-order valence-electron chi connectivity index (χ2n) is 4.31. The van der Waals surface area contributed by atoms with E-state index in [1.165, 1.54) is 22.3 Å². The monoisotopic (exact) mass is 273 g/mol. The van der Waals surface area contributed by atoms with E-state index in [1.54, 1.807) is 0 Å². The van der Waals surface area contributed by atoms with Gasteiger partial charge in [-0.1, -0.05) is 48.5 Å². The first kappa shape index (κ1) is 10.1. The summed E-state index contributed by atoms with van der Waals surface area (Å²) >= 11 is 3.42. The Hall–Kier alpha value is -1.12. The van der Waals surface area contributed by atoms with E-state index >= 15 is 0 Å². The van der Waals surface area contributed by atoms with Gasteiger partial charge in [0.15, 0.2) is 0 Å². The first-order chi connectivity index (χ1) is 7.77. The van der Waals surface area contributed by atoms with Gasteiger partial charge in [0.25, 0.3) is 0 Å². The van der Waals surface area contributed by atoms with Crippen LogP contribution in [0.4, 0.5) is 0 Å². The van der Waals surface area contributed by atoms with E-state index < -0.39 is 0 Å². The molecule has 2 aromatic rings. The molecule has 0 saturated heterocycles. The molecule has 0 bridgehead atoms. The molecule has 0 saturated carbocycles. The molecular weight excluding hydrogens is 262 g/mol. The van der Waals surface area contributed by atoms with Crippen LogP contribution >= 0.6 is 16.1 Å². The Bertz CT molecular complexity index is 502. The van der Waals surface area contributed by atoms with Crippen LogP contribution in [0.1, 0.15) is 18.1 Å². The molecule has 0 aromatic heterocycles. The lowest BCUT2D eigenvalue weighted by Gasteiger charge is -2.25. The molecule has 80 valence electrons. The minimum Gasteiger partial charge on any atom is -0.241 e. The summed E-state index contributed by atoms with van der Waals surface area (Å²) in [6.45, 7) is 2.20. The molecule has 0 spiro atoms. The maximum atomic E-state index is 3.42. The van der Waals surface area contributed by atoms with Crippen molar-refractivity contribution in [2.24, 2.45) is 0 Å². The molecule has 1 aliphatic rings. The Morgan fingerprint density at radius 2 is 1.31 bits per heavy atom. The summed E-state index contributed by atoms with van der Waals surface area (Å²) in [6.07, 6.45) is 0. The molecule has 0 heterocycles. The lowest BCUT2D eigenvalue weighted by atomic mass is 9.91. The second-order valence-corrected chi connectivity index (χ2v) is 4.71. The standard InChI is InChI=1S/C14H12BrN/c1-14(16-15)12-8-4-2-6-10(12)11-7-3-5-9-13(11)14/h2-9,16H,1H3. The first-order valence-electron chi connectivity index (χ1n) is 5.34. The first-order valence-corrected chi connectivity index (χ1v) is 6.14. The molecule has 0 radical (unpaired) electrons. The summed E-state index contributed by atoms with van der Waals surface area (Å²) in [5.74, 6) is 0. The number of halogens is 1. The van der Waals surface area contributed by atoms with Crippen molar-refractivity contribution in [1.82, 2.24) is 4.34 Å². The predicted molar refractivity (Wildman–Crippen MR) is 70.4 cm³/mol. The van der Waals surface area contributed by atoms with Crippen molar-refractivity contribution in [3.63, 3.8) is 0 Å². The lowest BCUT2D eigenvalue weighted by molar-refractivity contribution is 0.579. The van der Waals surface area contributed by atoms with Gasteiger partial charge in [-0.15, -0.1) is 0 Å². The topological polar surface area (TPSA) is 12.0 Å². The van der Waals surface area contributed by atoms with Crippen molar-refractivity contribution in [3.05, 3.63) is 59.7 Å². The van der Waals surface area contributed by atoms with E-state index in [2.05, 4.69) is 75.9 Å². The minimum absolute atomic E-state index is 0.132. The van der Waals surface area contributed by atoms with E-state index in [-0.39, 0.29) is 5.54 Å². The zero-order valence-corrected chi connectivity index (χ0v) is 10.6. The van der Waals surface area contributed by atoms with Crippen LogP contribution in [0.2, 0.25) is 0 Å². The lowest BCUT2D eigenvalue weighted by Crippen LogP contribution is -2.31. The Morgan fingerprint density at radius 1 is 0.875 bits per heavy atom. The maximum absolute atomic E-state index is 3.42. The number of rotatable bonds is 1. The molecule has 1 N–H and O–H groups in total. The highest BCUT2D eigenvalue weighted by atomic mass is 79.9. The van der Waals surface area contributed by atoms with Crippen LogP contribution < -0.4 is 4.34 Å². The fourth-order valence-corrected chi connectivity index (χ4v) is 2.98. The minimum atomic E-state index is -0.132. The smallest absolute Gasteiger partial charge is 0.0770 e. The maximum Gasteiger partial charge on any atom is 0.0770 e. The van der Waals surface area contributed by atoms with Crippen LogP contribution in [0.3, 0.4) is 0 Å². The van der Waals surface area contributed by atoms with Gasteiger partial charge in [0.1, 0.15) is 0 Å². The molecule has 1 aliphatic carbocycles. The summed E-state index contributed by atoms with van der Waals surface area (Å²) in [7, 11) is 0. The van der Waals surface area contributed by atoms with Crippen LogP contribution in [-0.4, -0.2) is 0 Å². The van der Waals surface area contributed by atoms with Crippen LogP contribution in [0.5, 0.6) is 0 Å². The van der Waals surface area contributed by atoms with Gasteiger partial charge in [-0.2, -0.15) is 0 Å². The highest BCUT2D eigenvalue weighted by Crippen LogP contribution is 2.47. The molecule has 3 rings (SSSR count). The van der Waals surface area contributed by atoms with Crippen LogP contribution in [-0.2, 0) is 5.54 Å². The SMILES string of the molecule is CC1(NBr)c2ccccc2-c2ccccc21. The van der Waals surface area contributed by atoms with E-state index in [0.29, 0.717) is 0 Å². The molecule has 2 aromatic carbocycles. The summed E-state index contributed by atoms with van der Waals surface area (Å²) in [6, 6.07) is 17.1. The van der Waals surface area contributed by atoms with Crippen LogP contribution in [0.15, 0.2) is 48.5 Å². The average molecular weight is 274 g/mol. The molecule has 1 nitrogen and oxygen atoms in total. The zero-order chi connectivity index (χ0) is 11.2. The van der Waals surface area contributed by atoms with Gasteiger partial charge in [0, 0.05) is 16.1 Å². The summed E-state index contributed by atoms with van der Waals surface area (Å²) in [4.78, 5) is 0. The highest BCUT2D eigenvalue weighted by molar-refractivity contribution is 9.08. The van der Waals surface area contributed by atoms with Crippen molar-refractivity contribution in [3.8, 4) is 11.1 Å². The van der Waals surface area contributed by atoms with E-state index in [9.17, 15) is 0 Å². The Balaban J connectivity index is 2.39. The third-order valence-corrected chi connectivity index (χ3v) is 4.20.